The molecule has 0 bridgehead atoms. The molecule has 6 heteroatoms. The second-order valence-corrected chi connectivity index (χ2v) is 5.33. The summed E-state index contributed by atoms with van der Waals surface area (Å²) < 4.78 is 16.4. The van der Waals surface area contributed by atoms with Crippen molar-refractivity contribution in [3.8, 4) is 17.4 Å². The van der Waals surface area contributed by atoms with Crippen molar-refractivity contribution in [2.24, 2.45) is 0 Å². The van der Waals surface area contributed by atoms with Gasteiger partial charge in [-0.05, 0) is 23.8 Å². The second-order valence-electron chi connectivity index (χ2n) is 4.89. The van der Waals surface area contributed by atoms with Crippen molar-refractivity contribution in [1.82, 2.24) is 0 Å². The first-order chi connectivity index (χ1) is 11.6. The van der Waals surface area contributed by atoms with Crippen molar-refractivity contribution in [2.75, 3.05) is 0 Å². The first-order valence-corrected chi connectivity index (χ1v) is 7.47. The summed E-state index contributed by atoms with van der Waals surface area (Å²) in [5, 5.41) is 9.34. The summed E-state index contributed by atoms with van der Waals surface area (Å²) in [6.45, 7) is 0.358. The largest absolute Gasteiger partial charge is 0.485 e. The molecular weight excluding hydrogens is 332 g/mol. The first-order valence-electron chi connectivity index (χ1n) is 7.09. The van der Waals surface area contributed by atoms with Crippen molar-refractivity contribution in [1.29, 1.82) is 0 Å². The Kier molecular flexibility index (Phi) is 4.72. The van der Waals surface area contributed by atoms with Crippen molar-refractivity contribution in [2.45, 2.75) is 6.61 Å². The molecule has 1 N–H and O–H groups in total. The lowest BCUT2D eigenvalue weighted by molar-refractivity contribution is 0.0657. The van der Waals surface area contributed by atoms with E-state index < -0.39 is 5.97 Å². The van der Waals surface area contributed by atoms with Gasteiger partial charge in [0.1, 0.15) is 6.61 Å². The van der Waals surface area contributed by atoms with Gasteiger partial charge in [-0.1, -0.05) is 41.9 Å². The van der Waals surface area contributed by atoms with Crippen molar-refractivity contribution >= 4 is 17.6 Å². The van der Waals surface area contributed by atoms with Crippen LogP contribution in [0, 0.1) is 0 Å². The van der Waals surface area contributed by atoms with Crippen LogP contribution in [0.3, 0.4) is 0 Å². The molecule has 122 valence electrons. The highest BCUT2D eigenvalue weighted by Gasteiger charge is 2.13. The number of furan rings is 1. The molecule has 0 aliphatic rings. The van der Waals surface area contributed by atoms with Crippen LogP contribution in [-0.4, -0.2) is 11.1 Å². The molecule has 24 heavy (non-hydrogen) atoms. The van der Waals surface area contributed by atoms with Gasteiger partial charge in [0.25, 0.3) is 5.95 Å². The molecule has 0 fully saturated rings. The number of rotatable bonds is 6. The highest BCUT2D eigenvalue weighted by atomic mass is 35.5. The average molecular weight is 345 g/mol. The Hall–Kier alpha value is -2.92. The van der Waals surface area contributed by atoms with Crippen LogP contribution in [0.5, 0.6) is 17.4 Å². The summed E-state index contributed by atoms with van der Waals surface area (Å²) in [7, 11) is 0. The lowest BCUT2D eigenvalue weighted by Gasteiger charge is -2.11. The van der Waals surface area contributed by atoms with Gasteiger partial charge in [0.2, 0.25) is 5.76 Å². The fourth-order valence-electron chi connectivity index (χ4n) is 2.01. The molecule has 0 radical (unpaired) electrons. The van der Waals surface area contributed by atoms with E-state index in [1.165, 1.54) is 12.1 Å². The third-order valence-corrected chi connectivity index (χ3v) is 3.38. The predicted molar refractivity (Wildman–Crippen MR) is 88.0 cm³/mol. The van der Waals surface area contributed by atoms with Crippen LogP contribution >= 0.6 is 11.6 Å². The van der Waals surface area contributed by atoms with Crippen molar-refractivity contribution in [3.05, 3.63) is 77.0 Å². The van der Waals surface area contributed by atoms with Crippen molar-refractivity contribution in [3.63, 3.8) is 0 Å². The smallest absolute Gasteiger partial charge is 0.371 e. The predicted octanol–water partition coefficient (Wildman–Crippen LogP) is 5.00. The molecule has 0 atom stereocenters. The van der Waals surface area contributed by atoms with E-state index in [4.69, 9.17) is 30.6 Å². The van der Waals surface area contributed by atoms with Gasteiger partial charge in [-0.3, -0.25) is 0 Å². The topological polar surface area (TPSA) is 68.9 Å². The molecule has 0 aliphatic carbocycles. The molecule has 0 amide bonds. The number of aromatic carboxylic acids is 1. The van der Waals surface area contributed by atoms with Crippen LogP contribution in [0.4, 0.5) is 0 Å². The maximum absolute atomic E-state index is 10.9. The summed E-state index contributed by atoms with van der Waals surface area (Å²) in [4.78, 5) is 10.9. The Morgan fingerprint density at radius 3 is 2.54 bits per heavy atom. The third kappa shape index (κ3) is 3.88. The first kappa shape index (κ1) is 16.0. The van der Waals surface area contributed by atoms with Gasteiger partial charge >= 0.3 is 5.97 Å². The SMILES string of the molecule is O=C(O)c1ccc(Oc2cc(Cl)ccc2OCc2ccccc2)o1. The molecule has 3 aromatic rings. The standard InChI is InChI=1S/C18H13ClO5/c19-13-6-7-14(22-11-12-4-2-1-3-5-12)16(10-13)24-17-9-8-15(23-17)18(20)21/h1-10H,11H2,(H,20,21). The number of carboxylic acids is 1. The Labute approximate surface area is 143 Å². The zero-order valence-electron chi connectivity index (χ0n) is 12.4. The van der Waals surface area contributed by atoms with E-state index in [0.717, 1.165) is 5.56 Å². The minimum absolute atomic E-state index is 0.0410. The lowest BCUT2D eigenvalue weighted by Crippen LogP contribution is -1.97. The molecule has 5 nitrogen and oxygen atoms in total. The molecule has 0 aliphatic heterocycles. The Balaban J connectivity index is 1.78. The number of carboxylic acid groups (broad SMARTS) is 1. The summed E-state index contributed by atoms with van der Waals surface area (Å²) in [5.41, 5.74) is 1.00. The lowest BCUT2D eigenvalue weighted by atomic mass is 10.2. The van der Waals surface area contributed by atoms with Crippen LogP contribution in [0.2, 0.25) is 5.02 Å². The van der Waals surface area contributed by atoms with Gasteiger partial charge in [0.05, 0.1) is 0 Å². The summed E-state index contributed by atoms with van der Waals surface area (Å²) in [6.07, 6.45) is 0. The van der Waals surface area contributed by atoms with Crippen LogP contribution in [-0.2, 0) is 6.61 Å². The van der Waals surface area contributed by atoms with E-state index in [0.29, 0.717) is 23.1 Å². The molecule has 1 aromatic heterocycles. The molecule has 0 spiro atoms. The second kappa shape index (κ2) is 7.10. The number of halogens is 1. The highest BCUT2D eigenvalue weighted by Crippen LogP contribution is 2.35. The monoisotopic (exact) mass is 344 g/mol. The Bertz CT molecular complexity index is 842. The number of carbonyl (C=O) groups is 1. The zero-order valence-corrected chi connectivity index (χ0v) is 13.2. The quantitative estimate of drug-likeness (QED) is 0.681. The molecule has 1 heterocycles. The minimum Gasteiger partial charge on any atom is -0.485 e. The summed E-state index contributed by atoms with van der Waals surface area (Å²) in [6, 6.07) is 17.3. The Morgan fingerprint density at radius 1 is 1.04 bits per heavy atom. The normalized spacial score (nSPS) is 10.4. The highest BCUT2D eigenvalue weighted by molar-refractivity contribution is 6.30. The number of benzene rings is 2. The number of ether oxygens (including phenoxy) is 2. The molecule has 0 saturated carbocycles. The van der Waals surface area contributed by atoms with Gasteiger partial charge in [-0.15, -0.1) is 0 Å². The molecule has 0 saturated heterocycles. The molecular formula is C18H13ClO5. The van der Waals surface area contributed by atoms with Gasteiger partial charge in [0.15, 0.2) is 11.5 Å². The minimum atomic E-state index is -1.17. The fraction of sp³-hybridized carbons (Fsp3) is 0.0556. The summed E-state index contributed by atoms with van der Waals surface area (Å²) in [5.74, 6) is -0.532. The maximum Gasteiger partial charge on any atom is 0.371 e. The van der Waals surface area contributed by atoms with E-state index in [1.54, 1.807) is 18.2 Å². The number of hydrogen-bond donors (Lipinski definition) is 1. The van der Waals surface area contributed by atoms with Crippen LogP contribution < -0.4 is 9.47 Å². The van der Waals surface area contributed by atoms with E-state index in [-0.39, 0.29) is 11.7 Å². The van der Waals surface area contributed by atoms with Gasteiger partial charge in [0, 0.05) is 17.2 Å². The summed E-state index contributed by atoms with van der Waals surface area (Å²) >= 11 is 6.00. The fourth-order valence-corrected chi connectivity index (χ4v) is 2.18. The number of hydrogen-bond acceptors (Lipinski definition) is 4. The van der Waals surface area contributed by atoms with Gasteiger partial charge in [-0.2, -0.15) is 0 Å². The Morgan fingerprint density at radius 2 is 1.83 bits per heavy atom. The van der Waals surface area contributed by atoms with Gasteiger partial charge < -0.3 is 19.0 Å². The van der Waals surface area contributed by atoms with E-state index >= 15 is 0 Å². The van der Waals surface area contributed by atoms with Crippen LogP contribution in [0.15, 0.2) is 65.1 Å². The molecule has 0 unspecified atom stereocenters. The third-order valence-electron chi connectivity index (χ3n) is 3.15. The average Bonchev–Trinajstić information content (AvgIpc) is 3.04. The van der Waals surface area contributed by atoms with E-state index in [2.05, 4.69) is 0 Å². The maximum atomic E-state index is 10.9. The molecule has 2 aromatic carbocycles. The van der Waals surface area contributed by atoms with E-state index in [9.17, 15) is 4.79 Å². The van der Waals surface area contributed by atoms with Gasteiger partial charge in [-0.25, -0.2) is 4.79 Å². The van der Waals surface area contributed by atoms with Crippen molar-refractivity contribution < 1.29 is 23.8 Å². The van der Waals surface area contributed by atoms with Crippen LogP contribution in [0.1, 0.15) is 16.1 Å². The van der Waals surface area contributed by atoms with E-state index in [1.807, 2.05) is 30.3 Å². The molecule has 3 rings (SSSR count). The zero-order chi connectivity index (χ0) is 16.9. The van der Waals surface area contributed by atoms with Crippen LogP contribution in [0.25, 0.3) is 0 Å².